The van der Waals surface area contributed by atoms with E-state index in [1.54, 1.807) is 24.6 Å². The van der Waals surface area contributed by atoms with E-state index in [0.717, 1.165) is 10.2 Å². The van der Waals surface area contributed by atoms with Gasteiger partial charge in [0.15, 0.2) is 0 Å². The quantitative estimate of drug-likeness (QED) is 0.746. The Balaban J connectivity index is 2.54. The number of aromatic nitrogens is 1. The molecule has 0 bridgehead atoms. The minimum Gasteiger partial charge on any atom is -0.355 e. The zero-order valence-corrected chi connectivity index (χ0v) is 7.89. The van der Waals surface area contributed by atoms with E-state index in [0.29, 0.717) is 5.56 Å². The molecule has 0 aromatic carbocycles. The summed E-state index contributed by atoms with van der Waals surface area (Å²) in [5.74, 6) is -0.0946. The van der Waals surface area contributed by atoms with Crippen LogP contribution in [0.15, 0.2) is 23.7 Å². The van der Waals surface area contributed by atoms with Crippen molar-refractivity contribution in [3.63, 3.8) is 0 Å². The van der Waals surface area contributed by atoms with Gasteiger partial charge >= 0.3 is 0 Å². The van der Waals surface area contributed by atoms with Crippen LogP contribution >= 0.6 is 11.3 Å². The number of pyridine rings is 1. The molecule has 1 amide bonds. The van der Waals surface area contributed by atoms with E-state index in [2.05, 4.69) is 10.3 Å². The van der Waals surface area contributed by atoms with Crippen LogP contribution in [-0.4, -0.2) is 17.9 Å². The summed E-state index contributed by atoms with van der Waals surface area (Å²) < 4.78 is 1.04. The number of rotatable bonds is 1. The van der Waals surface area contributed by atoms with Crippen molar-refractivity contribution < 1.29 is 4.79 Å². The number of nitrogens with one attached hydrogen (secondary N) is 1. The Morgan fingerprint density at radius 3 is 3.23 bits per heavy atom. The predicted molar refractivity (Wildman–Crippen MR) is 53.0 cm³/mol. The van der Waals surface area contributed by atoms with E-state index in [9.17, 15) is 4.79 Å². The molecule has 0 fully saturated rings. The molecule has 0 saturated carbocycles. The van der Waals surface area contributed by atoms with Crippen LogP contribution in [0, 0.1) is 0 Å². The second-order valence-corrected chi connectivity index (χ2v) is 3.55. The standard InChI is InChI=1S/C9H8N2OS/c1-10-9(12)6-4-8-7(11-5-6)2-3-13-8/h2-5H,1H3,(H,10,12). The van der Waals surface area contributed by atoms with Gasteiger partial charge < -0.3 is 5.32 Å². The van der Waals surface area contributed by atoms with Crippen molar-refractivity contribution in [3.8, 4) is 0 Å². The molecule has 13 heavy (non-hydrogen) atoms. The molecule has 4 heteroatoms. The number of amides is 1. The first-order valence-corrected chi connectivity index (χ1v) is 4.74. The average molecular weight is 192 g/mol. The Morgan fingerprint density at radius 2 is 2.46 bits per heavy atom. The minimum atomic E-state index is -0.0946. The van der Waals surface area contributed by atoms with Crippen molar-refractivity contribution in [2.75, 3.05) is 7.05 Å². The van der Waals surface area contributed by atoms with Crippen molar-refractivity contribution in [2.24, 2.45) is 0 Å². The maximum atomic E-state index is 11.2. The van der Waals surface area contributed by atoms with Gasteiger partial charge in [-0.25, -0.2) is 0 Å². The van der Waals surface area contributed by atoms with Gasteiger partial charge in [-0.05, 0) is 17.5 Å². The Kier molecular flexibility index (Phi) is 1.98. The molecule has 0 saturated heterocycles. The maximum absolute atomic E-state index is 11.2. The number of nitrogens with zero attached hydrogens (tertiary/aromatic N) is 1. The van der Waals surface area contributed by atoms with Gasteiger partial charge in [-0.3, -0.25) is 9.78 Å². The molecule has 2 aromatic rings. The summed E-state index contributed by atoms with van der Waals surface area (Å²) in [7, 11) is 1.61. The van der Waals surface area contributed by atoms with Crippen molar-refractivity contribution in [2.45, 2.75) is 0 Å². The third kappa shape index (κ3) is 1.40. The van der Waals surface area contributed by atoms with Crippen molar-refractivity contribution >= 4 is 27.5 Å². The van der Waals surface area contributed by atoms with Crippen molar-refractivity contribution in [1.82, 2.24) is 10.3 Å². The smallest absolute Gasteiger partial charge is 0.252 e. The molecule has 0 unspecified atom stereocenters. The molecular weight excluding hydrogens is 184 g/mol. The average Bonchev–Trinajstić information content (AvgIpc) is 2.63. The monoisotopic (exact) mass is 192 g/mol. The molecule has 0 aliphatic heterocycles. The summed E-state index contributed by atoms with van der Waals surface area (Å²) in [4.78, 5) is 15.4. The van der Waals surface area contributed by atoms with Gasteiger partial charge in [0, 0.05) is 13.2 Å². The van der Waals surface area contributed by atoms with Gasteiger partial charge in [0.2, 0.25) is 0 Å². The van der Waals surface area contributed by atoms with Gasteiger partial charge in [0.25, 0.3) is 5.91 Å². The van der Waals surface area contributed by atoms with Crippen LogP contribution in [-0.2, 0) is 0 Å². The van der Waals surface area contributed by atoms with E-state index in [1.807, 2.05) is 17.5 Å². The molecule has 0 aliphatic rings. The van der Waals surface area contributed by atoms with Gasteiger partial charge in [0.05, 0.1) is 15.8 Å². The summed E-state index contributed by atoms with van der Waals surface area (Å²) in [5.41, 5.74) is 1.55. The fourth-order valence-electron chi connectivity index (χ4n) is 1.11. The Labute approximate surface area is 79.4 Å². The second kappa shape index (κ2) is 3.14. The summed E-state index contributed by atoms with van der Waals surface area (Å²) in [5, 5.41) is 4.53. The maximum Gasteiger partial charge on any atom is 0.252 e. The zero-order chi connectivity index (χ0) is 9.26. The third-order valence-corrected chi connectivity index (χ3v) is 2.65. The number of thiophene rings is 1. The molecule has 0 spiro atoms. The first-order chi connectivity index (χ1) is 6.31. The molecule has 0 radical (unpaired) electrons. The van der Waals surface area contributed by atoms with Crippen molar-refractivity contribution in [3.05, 3.63) is 29.3 Å². The molecule has 2 aromatic heterocycles. The lowest BCUT2D eigenvalue weighted by molar-refractivity contribution is 0.0963. The van der Waals surface area contributed by atoms with Gasteiger partial charge in [-0.15, -0.1) is 11.3 Å². The highest BCUT2D eigenvalue weighted by Gasteiger charge is 2.04. The van der Waals surface area contributed by atoms with E-state index >= 15 is 0 Å². The molecule has 0 atom stereocenters. The number of carbonyl (C=O) groups excluding carboxylic acids is 1. The molecule has 66 valence electrons. The Morgan fingerprint density at radius 1 is 1.62 bits per heavy atom. The Bertz CT molecular complexity index is 450. The van der Waals surface area contributed by atoms with Crippen LogP contribution in [0.25, 0.3) is 10.2 Å². The molecule has 3 nitrogen and oxygen atoms in total. The highest BCUT2D eigenvalue weighted by molar-refractivity contribution is 7.17. The van der Waals surface area contributed by atoms with Gasteiger partial charge in [0.1, 0.15) is 0 Å². The van der Waals surface area contributed by atoms with Crippen molar-refractivity contribution in [1.29, 1.82) is 0 Å². The lowest BCUT2D eigenvalue weighted by Gasteiger charge is -1.97. The molecule has 2 heterocycles. The number of hydrogen-bond acceptors (Lipinski definition) is 3. The van der Waals surface area contributed by atoms with E-state index < -0.39 is 0 Å². The highest BCUT2D eigenvalue weighted by Crippen LogP contribution is 2.19. The highest BCUT2D eigenvalue weighted by atomic mass is 32.1. The summed E-state index contributed by atoms with van der Waals surface area (Å²) in [6.45, 7) is 0. The largest absolute Gasteiger partial charge is 0.355 e. The summed E-state index contributed by atoms with van der Waals surface area (Å²) in [6, 6.07) is 3.79. The topological polar surface area (TPSA) is 42.0 Å². The number of carbonyl (C=O) groups is 1. The third-order valence-electron chi connectivity index (χ3n) is 1.79. The first kappa shape index (κ1) is 8.19. The van der Waals surface area contributed by atoms with Crippen LogP contribution < -0.4 is 5.32 Å². The van der Waals surface area contributed by atoms with Crippen LogP contribution in [0.4, 0.5) is 0 Å². The molecular formula is C9H8N2OS. The predicted octanol–water partition coefficient (Wildman–Crippen LogP) is 1.66. The minimum absolute atomic E-state index is 0.0946. The SMILES string of the molecule is CNC(=O)c1cnc2ccsc2c1. The summed E-state index contributed by atoms with van der Waals surface area (Å²) >= 11 is 1.59. The van der Waals surface area contributed by atoms with E-state index in [1.165, 1.54) is 0 Å². The van der Waals surface area contributed by atoms with Gasteiger partial charge in [-0.2, -0.15) is 0 Å². The Hall–Kier alpha value is -1.42. The van der Waals surface area contributed by atoms with E-state index in [4.69, 9.17) is 0 Å². The molecule has 0 aliphatic carbocycles. The summed E-state index contributed by atoms with van der Waals surface area (Å²) in [6.07, 6.45) is 1.59. The lowest BCUT2D eigenvalue weighted by Crippen LogP contribution is -2.17. The van der Waals surface area contributed by atoms with Crippen LogP contribution in [0.1, 0.15) is 10.4 Å². The normalized spacial score (nSPS) is 10.2. The fourth-order valence-corrected chi connectivity index (χ4v) is 1.90. The molecule has 2 rings (SSSR count). The van der Waals surface area contributed by atoms with Gasteiger partial charge in [-0.1, -0.05) is 0 Å². The first-order valence-electron chi connectivity index (χ1n) is 3.86. The fraction of sp³-hybridized carbons (Fsp3) is 0.111. The number of fused-ring (bicyclic) bond motifs is 1. The lowest BCUT2D eigenvalue weighted by atomic mass is 10.2. The number of hydrogen-bond donors (Lipinski definition) is 1. The molecule has 1 N–H and O–H groups in total. The van der Waals surface area contributed by atoms with Crippen LogP contribution in [0.3, 0.4) is 0 Å². The van der Waals surface area contributed by atoms with Crippen LogP contribution in [0.5, 0.6) is 0 Å². The zero-order valence-electron chi connectivity index (χ0n) is 7.07. The van der Waals surface area contributed by atoms with E-state index in [-0.39, 0.29) is 5.91 Å². The second-order valence-electron chi connectivity index (χ2n) is 2.61. The van der Waals surface area contributed by atoms with Crippen LogP contribution in [0.2, 0.25) is 0 Å².